The fourth-order valence-corrected chi connectivity index (χ4v) is 2.66. The van der Waals surface area contributed by atoms with Gasteiger partial charge in [0.1, 0.15) is 5.56 Å². The highest BCUT2D eigenvalue weighted by molar-refractivity contribution is 5.96. The Bertz CT molecular complexity index is 800. The topological polar surface area (TPSA) is 84.5 Å². The molecule has 23 heavy (non-hydrogen) atoms. The van der Waals surface area contributed by atoms with Crippen LogP contribution in [0.2, 0.25) is 0 Å². The van der Waals surface area contributed by atoms with E-state index in [9.17, 15) is 9.59 Å². The second-order valence-electron chi connectivity index (χ2n) is 5.23. The van der Waals surface area contributed by atoms with E-state index < -0.39 is 0 Å². The molecule has 0 aliphatic carbocycles. The van der Waals surface area contributed by atoms with Gasteiger partial charge in [-0.15, -0.1) is 0 Å². The van der Waals surface area contributed by atoms with Crippen molar-refractivity contribution in [1.82, 2.24) is 14.9 Å². The third kappa shape index (κ3) is 2.90. The number of aromatic amines is 1. The Kier molecular flexibility index (Phi) is 4.01. The summed E-state index contributed by atoms with van der Waals surface area (Å²) in [5, 5.41) is 0. The average molecular weight is 315 g/mol. The van der Waals surface area contributed by atoms with E-state index in [-0.39, 0.29) is 17.3 Å². The first-order valence-electron chi connectivity index (χ1n) is 7.21. The largest absolute Gasteiger partial charge is 0.481 e. The fourth-order valence-electron chi connectivity index (χ4n) is 2.66. The van der Waals surface area contributed by atoms with E-state index >= 15 is 0 Å². The summed E-state index contributed by atoms with van der Waals surface area (Å²) in [5.41, 5.74) is 2.20. The number of amides is 1. The summed E-state index contributed by atoms with van der Waals surface area (Å²) in [6, 6.07) is 4.87. The molecule has 7 heteroatoms. The Hall–Kier alpha value is -2.83. The molecule has 120 valence electrons. The third-order valence-electron chi connectivity index (χ3n) is 3.87. The van der Waals surface area contributed by atoms with Crippen LogP contribution in [0.15, 0.2) is 29.2 Å². The minimum absolute atomic E-state index is 0.121. The predicted octanol–water partition coefficient (Wildman–Crippen LogP) is 0.986. The minimum Gasteiger partial charge on any atom is -0.481 e. The number of aromatic nitrogens is 2. The van der Waals surface area contributed by atoms with Gasteiger partial charge in [0.25, 0.3) is 5.91 Å². The van der Waals surface area contributed by atoms with E-state index in [1.54, 1.807) is 29.3 Å². The van der Waals surface area contributed by atoms with Crippen molar-refractivity contribution in [3.8, 4) is 11.8 Å². The first kappa shape index (κ1) is 15.1. The van der Waals surface area contributed by atoms with Gasteiger partial charge in [-0.05, 0) is 23.6 Å². The van der Waals surface area contributed by atoms with Crippen LogP contribution in [0.1, 0.15) is 21.5 Å². The Morgan fingerprint density at radius 2 is 2.09 bits per heavy atom. The number of H-pyrrole nitrogens is 1. The number of carbonyl (C=O) groups is 1. The summed E-state index contributed by atoms with van der Waals surface area (Å²) in [7, 11) is 2.97. The zero-order chi connectivity index (χ0) is 16.4. The molecule has 0 aromatic carbocycles. The van der Waals surface area contributed by atoms with Crippen molar-refractivity contribution in [2.75, 3.05) is 20.8 Å². The molecule has 0 saturated carbocycles. The number of methoxy groups -OCH3 is 2. The second kappa shape index (κ2) is 6.12. The van der Waals surface area contributed by atoms with Gasteiger partial charge in [0, 0.05) is 31.4 Å². The molecule has 0 saturated heterocycles. The summed E-state index contributed by atoms with van der Waals surface area (Å²) in [6.07, 6.45) is 2.32. The minimum atomic E-state index is -0.158. The molecule has 1 aliphatic rings. The smallest absolute Gasteiger partial charge is 0.259 e. The van der Waals surface area contributed by atoms with Crippen LogP contribution in [0.4, 0.5) is 0 Å². The van der Waals surface area contributed by atoms with E-state index in [2.05, 4.69) is 9.97 Å². The van der Waals surface area contributed by atoms with Crippen LogP contribution in [-0.2, 0) is 13.0 Å². The first-order valence-corrected chi connectivity index (χ1v) is 7.21. The number of hydrogen-bond acceptors (Lipinski definition) is 5. The van der Waals surface area contributed by atoms with Gasteiger partial charge in [0.15, 0.2) is 0 Å². The van der Waals surface area contributed by atoms with Crippen LogP contribution in [0.25, 0.3) is 0 Å². The maximum absolute atomic E-state index is 12.7. The van der Waals surface area contributed by atoms with Crippen molar-refractivity contribution in [3.63, 3.8) is 0 Å². The zero-order valence-corrected chi connectivity index (χ0v) is 13.0. The van der Waals surface area contributed by atoms with Crippen molar-refractivity contribution in [3.05, 3.63) is 51.4 Å². The van der Waals surface area contributed by atoms with Crippen molar-refractivity contribution in [2.45, 2.75) is 13.0 Å². The Morgan fingerprint density at radius 3 is 2.83 bits per heavy atom. The lowest BCUT2D eigenvalue weighted by Gasteiger charge is -2.28. The number of rotatable bonds is 3. The fraction of sp³-hybridized carbons (Fsp3) is 0.312. The number of nitrogens with zero attached hydrogens (tertiary/aromatic N) is 2. The lowest BCUT2D eigenvalue weighted by molar-refractivity contribution is 0.0730. The predicted molar refractivity (Wildman–Crippen MR) is 82.8 cm³/mol. The number of hydrogen-bond donors (Lipinski definition) is 1. The molecule has 0 unspecified atom stereocenters. The number of carbonyl (C=O) groups excluding carboxylic acids is 1. The highest BCUT2D eigenvalue weighted by Crippen LogP contribution is 2.24. The van der Waals surface area contributed by atoms with Gasteiger partial charge in [0.2, 0.25) is 17.3 Å². The van der Waals surface area contributed by atoms with Crippen LogP contribution in [-0.4, -0.2) is 41.5 Å². The Morgan fingerprint density at radius 1 is 1.26 bits per heavy atom. The van der Waals surface area contributed by atoms with E-state index in [4.69, 9.17) is 9.47 Å². The highest BCUT2D eigenvalue weighted by Gasteiger charge is 2.25. The van der Waals surface area contributed by atoms with Crippen LogP contribution in [0.3, 0.4) is 0 Å². The normalized spacial score (nSPS) is 13.4. The third-order valence-corrected chi connectivity index (χ3v) is 3.87. The van der Waals surface area contributed by atoms with Gasteiger partial charge in [-0.1, -0.05) is 0 Å². The van der Waals surface area contributed by atoms with E-state index in [1.165, 1.54) is 14.2 Å². The van der Waals surface area contributed by atoms with Crippen LogP contribution in [0.5, 0.6) is 11.8 Å². The molecule has 0 bridgehead atoms. The average Bonchev–Trinajstić information content (AvgIpc) is 2.60. The van der Waals surface area contributed by atoms with Gasteiger partial charge in [-0.25, -0.2) is 0 Å². The van der Waals surface area contributed by atoms with Crippen molar-refractivity contribution in [1.29, 1.82) is 0 Å². The molecule has 3 rings (SSSR count). The quantitative estimate of drug-likeness (QED) is 0.913. The van der Waals surface area contributed by atoms with E-state index in [0.29, 0.717) is 31.0 Å². The van der Waals surface area contributed by atoms with Crippen molar-refractivity contribution < 1.29 is 14.3 Å². The van der Waals surface area contributed by atoms with E-state index in [1.807, 2.05) is 0 Å². The summed E-state index contributed by atoms with van der Waals surface area (Å²) in [5.74, 6) is 0.468. The number of pyridine rings is 2. The molecule has 2 aromatic rings. The molecule has 3 heterocycles. The molecular formula is C16H17N3O4. The van der Waals surface area contributed by atoms with Gasteiger partial charge in [0.05, 0.1) is 14.2 Å². The zero-order valence-electron chi connectivity index (χ0n) is 13.0. The number of fused-ring (bicyclic) bond motifs is 1. The number of ether oxygens (including phenoxy) is 2. The van der Waals surface area contributed by atoms with E-state index in [0.717, 1.165) is 11.1 Å². The van der Waals surface area contributed by atoms with Gasteiger partial charge in [-0.3, -0.25) is 9.59 Å². The summed E-state index contributed by atoms with van der Waals surface area (Å²) >= 11 is 0. The summed E-state index contributed by atoms with van der Waals surface area (Å²) < 4.78 is 10.2. The number of nitrogens with one attached hydrogen (secondary N) is 1. The lowest BCUT2D eigenvalue weighted by atomic mass is 10.0. The lowest BCUT2D eigenvalue weighted by Crippen LogP contribution is -2.36. The molecule has 0 radical (unpaired) electrons. The van der Waals surface area contributed by atoms with Crippen molar-refractivity contribution in [2.24, 2.45) is 0 Å². The summed E-state index contributed by atoms with van der Waals surface area (Å²) in [4.78, 5) is 32.6. The Balaban J connectivity index is 1.87. The van der Waals surface area contributed by atoms with Crippen LogP contribution >= 0.6 is 0 Å². The maximum Gasteiger partial charge on any atom is 0.259 e. The molecule has 7 nitrogen and oxygen atoms in total. The molecular weight excluding hydrogens is 298 g/mol. The SMILES string of the molecule is COc1ccc(C(=O)N2CCc3cc(=O)[nH]cc3C2)c(OC)n1. The standard InChI is InChI=1S/C16H17N3O4/c1-22-14-4-3-12(15(18-14)23-2)16(21)19-6-5-10-7-13(20)17-8-11(10)9-19/h3-4,7-8H,5-6,9H2,1-2H3,(H,17,20). The Labute approximate surface area is 132 Å². The summed E-state index contributed by atoms with van der Waals surface area (Å²) in [6.45, 7) is 0.991. The monoisotopic (exact) mass is 315 g/mol. The van der Waals surface area contributed by atoms with Gasteiger partial charge >= 0.3 is 0 Å². The first-order chi connectivity index (χ1) is 11.1. The molecule has 0 atom stereocenters. The van der Waals surface area contributed by atoms with Gasteiger partial charge < -0.3 is 19.4 Å². The van der Waals surface area contributed by atoms with Crippen LogP contribution < -0.4 is 15.0 Å². The van der Waals surface area contributed by atoms with Crippen LogP contribution in [0, 0.1) is 0 Å². The van der Waals surface area contributed by atoms with Crippen molar-refractivity contribution >= 4 is 5.91 Å². The second-order valence-corrected chi connectivity index (χ2v) is 5.23. The molecule has 0 fully saturated rings. The molecule has 1 N–H and O–H groups in total. The molecule has 2 aromatic heterocycles. The maximum atomic E-state index is 12.7. The van der Waals surface area contributed by atoms with Gasteiger partial charge in [-0.2, -0.15) is 4.98 Å². The molecule has 1 aliphatic heterocycles. The molecule has 1 amide bonds. The highest BCUT2D eigenvalue weighted by atomic mass is 16.5. The molecule has 0 spiro atoms.